The van der Waals surface area contributed by atoms with Crippen molar-refractivity contribution in [2.45, 2.75) is 253 Å². The molecular weight excluding hydrogens is 1120 g/mol. The first kappa shape index (κ1) is 73.4. The van der Waals surface area contributed by atoms with Crippen LogP contribution in [-0.4, -0.2) is 165 Å². The van der Waals surface area contributed by atoms with Gasteiger partial charge in [0.25, 0.3) is 0 Å². The first-order chi connectivity index (χ1) is 39.5. The molecule has 0 radical (unpaired) electrons. The van der Waals surface area contributed by atoms with Crippen LogP contribution in [0, 0.1) is 25.5 Å². The van der Waals surface area contributed by atoms with Gasteiger partial charge in [-0.15, -0.1) is 0 Å². The van der Waals surface area contributed by atoms with Crippen molar-refractivity contribution in [1.82, 2.24) is 19.6 Å². The topological polar surface area (TPSA) is 226 Å². The molecule has 0 aromatic heterocycles. The molecular formula is C66H104F2N6O13. The fourth-order valence-corrected chi connectivity index (χ4v) is 10.6. The van der Waals surface area contributed by atoms with Crippen LogP contribution in [0.25, 0.3) is 0 Å². The van der Waals surface area contributed by atoms with Crippen molar-refractivity contribution in [1.29, 1.82) is 0 Å². The lowest BCUT2D eigenvalue weighted by atomic mass is 9.92. The van der Waals surface area contributed by atoms with E-state index in [4.69, 9.17) is 34.2 Å². The number of aryl methyl sites for hydroxylation is 2. The molecule has 2 aromatic carbocycles. The summed E-state index contributed by atoms with van der Waals surface area (Å²) in [5, 5.41) is 3.52. The van der Waals surface area contributed by atoms with Crippen LogP contribution in [0.15, 0.2) is 24.3 Å². The normalized spacial score (nSPS) is 20.2. The lowest BCUT2D eigenvalue weighted by Crippen LogP contribution is -2.53. The molecule has 2 unspecified atom stereocenters. The number of nitrogens with zero attached hydrogens (tertiary/aromatic N) is 4. The van der Waals surface area contributed by atoms with Gasteiger partial charge in [-0.1, -0.05) is 0 Å². The predicted molar refractivity (Wildman–Crippen MR) is 331 cm³/mol. The number of hydrogen-bond acceptors (Lipinski definition) is 17. The summed E-state index contributed by atoms with van der Waals surface area (Å²) >= 11 is 0. The van der Waals surface area contributed by atoms with Gasteiger partial charge in [0, 0.05) is 105 Å². The van der Waals surface area contributed by atoms with Crippen LogP contribution >= 0.6 is 0 Å². The molecule has 4 saturated heterocycles. The standard InChI is InChI=1S/C33H52FN3O6.C18H26FNO4.C15H26N2O3/c1-21-18-25(23(19-24(21)34)26(27(38)41-30(2,3)4)28(39)42-31(5,6)7)35-22-12-15-37(16-13-22)33(11)14-17-36(20-33)29(40)43-32(8,9)10;1-10-8-13(20)11(9-12(10)19)14(15(21)23-17(2,3)4)16(22)24-18(5,6)7;1-14(2,3)20-13(19)16-10-7-15(4,11-16)17-8-5-12(18)6-9-17/h18-19,22,26,35H,12-17,20H2,1-11H3;8-9,14H,20H2,1-7H3;5-11H2,1-4H3. The highest BCUT2D eigenvalue weighted by Crippen LogP contribution is 2.37. The summed E-state index contributed by atoms with van der Waals surface area (Å²) in [7, 11) is 0. The van der Waals surface area contributed by atoms with E-state index in [9.17, 15) is 42.3 Å². The van der Waals surface area contributed by atoms with Crippen LogP contribution < -0.4 is 11.1 Å². The van der Waals surface area contributed by atoms with E-state index in [0.717, 1.165) is 64.5 Å². The monoisotopic (exact) mass is 1230 g/mol. The molecule has 490 valence electrons. The summed E-state index contributed by atoms with van der Waals surface area (Å²) in [4.78, 5) is 96.3. The molecule has 4 heterocycles. The highest BCUT2D eigenvalue weighted by molar-refractivity contribution is 6.03. The van der Waals surface area contributed by atoms with E-state index >= 15 is 0 Å². The first-order valence-electron chi connectivity index (χ1n) is 30.5. The van der Waals surface area contributed by atoms with Gasteiger partial charge in [-0.2, -0.15) is 0 Å². The van der Waals surface area contributed by atoms with Crippen molar-refractivity contribution in [2.24, 2.45) is 0 Å². The van der Waals surface area contributed by atoms with E-state index in [1.165, 1.54) is 12.1 Å². The highest BCUT2D eigenvalue weighted by atomic mass is 19.1. The fourth-order valence-electron chi connectivity index (χ4n) is 10.6. The quantitative estimate of drug-likeness (QED) is 0.0976. The van der Waals surface area contributed by atoms with Crippen molar-refractivity contribution in [3.05, 3.63) is 58.2 Å². The zero-order valence-electron chi connectivity index (χ0n) is 56.4. The largest absolute Gasteiger partial charge is 0.459 e. The van der Waals surface area contributed by atoms with Crippen molar-refractivity contribution in [3.8, 4) is 0 Å². The Balaban J connectivity index is 0.000000309. The minimum atomic E-state index is -1.45. The second-order valence-electron chi connectivity index (χ2n) is 30.1. The van der Waals surface area contributed by atoms with Gasteiger partial charge in [-0.25, -0.2) is 18.4 Å². The molecule has 21 heteroatoms. The maximum Gasteiger partial charge on any atom is 0.410 e. The second kappa shape index (κ2) is 28.2. The minimum Gasteiger partial charge on any atom is -0.459 e. The molecule has 4 aliphatic heterocycles. The van der Waals surface area contributed by atoms with Gasteiger partial charge in [-0.3, -0.25) is 33.8 Å². The number of nitrogens with one attached hydrogen (secondary N) is 1. The summed E-state index contributed by atoms with van der Waals surface area (Å²) in [6.45, 7) is 45.1. The number of nitrogens with two attached hydrogens (primary N) is 1. The summed E-state index contributed by atoms with van der Waals surface area (Å²) < 4.78 is 61.8. The van der Waals surface area contributed by atoms with Gasteiger partial charge in [-0.05, 0) is 213 Å². The average molecular weight is 1230 g/mol. The number of amides is 2. The number of nitrogen functional groups attached to an aromatic ring is 1. The van der Waals surface area contributed by atoms with Crippen LogP contribution in [0.4, 0.5) is 29.7 Å². The number of hydrogen-bond donors (Lipinski definition) is 2. The summed E-state index contributed by atoms with van der Waals surface area (Å²) in [5.74, 6) is -6.85. The third kappa shape index (κ3) is 22.8. The van der Waals surface area contributed by atoms with Crippen molar-refractivity contribution in [3.63, 3.8) is 0 Å². The third-order valence-electron chi connectivity index (χ3n) is 14.8. The van der Waals surface area contributed by atoms with Gasteiger partial charge in [0.2, 0.25) is 0 Å². The number of halogens is 2. The van der Waals surface area contributed by atoms with Gasteiger partial charge in [0.1, 0.15) is 51.0 Å². The SMILES string of the molecule is CC(C)(C)OC(=O)N1CCC(C)(N2CCC(=O)CC2)C1.Cc1cc(N)c(C(C(=O)OC(C)(C)C)C(=O)OC(C)(C)C)cc1F.Cc1cc(NC2CCN(C3(C)CCN(C(=O)OC(C)(C)C)C3)CC2)c(C(C(=O)OC(C)(C)C)C(=O)OC(C)(C)C)cc1F. The Kier molecular flexibility index (Phi) is 23.8. The van der Waals surface area contributed by atoms with E-state index in [-0.39, 0.29) is 46.1 Å². The van der Waals surface area contributed by atoms with Gasteiger partial charge >= 0.3 is 36.1 Å². The second-order valence-corrected chi connectivity index (χ2v) is 30.1. The number of carbonyl (C=O) groups excluding carboxylic acids is 7. The fraction of sp³-hybridized carbons (Fsp3) is 0.712. The molecule has 0 bridgehead atoms. The molecule has 3 N–H and O–H groups in total. The molecule has 0 spiro atoms. The van der Waals surface area contributed by atoms with Crippen molar-refractivity contribution >= 4 is 53.2 Å². The first-order valence-corrected chi connectivity index (χ1v) is 30.5. The van der Waals surface area contributed by atoms with E-state index in [1.807, 2.05) is 41.5 Å². The number of likely N-dealkylation sites (tertiary alicyclic amines) is 4. The molecule has 4 aliphatic rings. The summed E-state index contributed by atoms with van der Waals surface area (Å²) in [5.41, 5.74) is 3.05. The number of anilines is 2. The lowest BCUT2D eigenvalue weighted by molar-refractivity contribution is -0.171. The predicted octanol–water partition coefficient (Wildman–Crippen LogP) is 11.7. The molecule has 0 saturated carbocycles. The molecule has 2 amide bonds. The van der Waals surface area contributed by atoms with Gasteiger partial charge < -0.3 is 49.3 Å². The van der Waals surface area contributed by atoms with Crippen molar-refractivity contribution in [2.75, 3.05) is 63.4 Å². The smallest absolute Gasteiger partial charge is 0.410 e. The van der Waals surface area contributed by atoms with E-state index in [0.29, 0.717) is 55.1 Å². The van der Waals surface area contributed by atoms with Crippen LogP contribution in [0.5, 0.6) is 0 Å². The van der Waals surface area contributed by atoms with Crippen LogP contribution in [0.1, 0.15) is 211 Å². The molecule has 0 aliphatic carbocycles. The van der Waals surface area contributed by atoms with Crippen LogP contribution in [0.2, 0.25) is 0 Å². The van der Waals surface area contributed by atoms with Crippen molar-refractivity contribution < 1.29 is 70.8 Å². The highest BCUT2D eigenvalue weighted by Gasteiger charge is 2.46. The Morgan fingerprint density at radius 2 is 0.828 bits per heavy atom. The Hall–Kier alpha value is -6.09. The van der Waals surface area contributed by atoms with E-state index < -0.39 is 81.0 Å². The Morgan fingerprint density at radius 1 is 0.506 bits per heavy atom. The number of ether oxygens (including phenoxy) is 6. The number of ketones is 1. The Morgan fingerprint density at radius 3 is 1.18 bits per heavy atom. The molecule has 6 rings (SSSR count). The number of benzene rings is 2. The lowest BCUT2D eigenvalue weighted by Gasteiger charge is -2.43. The Labute approximate surface area is 516 Å². The number of piperidine rings is 2. The number of rotatable bonds is 10. The zero-order chi connectivity index (χ0) is 66.4. The minimum absolute atomic E-state index is 0.0163. The number of Topliss-reactive ketones (excluding diaryl/α,β-unsaturated/α-hetero) is 1. The summed E-state index contributed by atoms with van der Waals surface area (Å²) in [6.07, 6.45) is 4.16. The third-order valence-corrected chi connectivity index (χ3v) is 14.8. The molecule has 4 fully saturated rings. The number of esters is 4. The van der Waals surface area contributed by atoms with E-state index in [1.54, 1.807) is 113 Å². The van der Waals surface area contributed by atoms with Gasteiger partial charge in [0.05, 0.1) is 0 Å². The molecule has 2 aromatic rings. The number of carbonyl (C=O) groups is 7. The molecule has 2 atom stereocenters. The van der Waals surface area contributed by atoms with Gasteiger partial charge in [0.15, 0.2) is 11.8 Å². The summed E-state index contributed by atoms with van der Waals surface area (Å²) in [6, 6.07) is 5.39. The van der Waals surface area contributed by atoms with Crippen LogP contribution in [0.3, 0.4) is 0 Å². The Bertz CT molecular complexity index is 2730. The maximum atomic E-state index is 15.0. The zero-order valence-corrected chi connectivity index (χ0v) is 56.4. The molecule has 19 nitrogen and oxygen atoms in total. The van der Waals surface area contributed by atoms with Crippen LogP contribution in [-0.2, 0) is 52.4 Å². The molecule has 87 heavy (non-hydrogen) atoms. The average Bonchev–Trinajstić information content (AvgIpc) is 1.91. The maximum absolute atomic E-state index is 15.0. The van der Waals surface area contributed by atoms with E-state index in [2.05, 4.69) is 29.0 Å².